The fourth-order valence-corrected chi connectivity index (χ4v) is 4.26. The quantitative estimate of drug-likeness (QED) is 0.212. The summed E-state index contributed by atoms with van der Waals surface area (Å²) in [5.74, 6) is 0.381. The summed E-state index contributed by atoms with van der Waals surface area (Å²) in [6, 6.07) is 15.1. The number of benzene rings is 2. The van der Waals surface area contributed by atoms with Crippen molar-refractivity contribution in [3.63, 3.8) is 0 Å². The molecule has 2 aromatic carbocycles. The van der Waals surface area contributed by atoms with Crippen molar-refractivity contribution >= 4 is 29.0 Å². The Balaban J connectivity index is 0.00000342. The zero-order valence-electron chi connectivity index (χ0n) is 19.6. The predicted octanol–water partition coefficient (Wildman–Crippen LogP) is 6.52. The van der Waals surface area contributed by atoms with E-state index >= 15 is 0 Å². The lowest BCUT2D eigenvalue weighted by Gasteiger charge is -2.17. The van der Waals surface area contributed by atoms with Crippen LogP contribution in [0.4, 0.5) is 10.1 Å². The number of anilines is 1. The SMILES string of the molecule is CCN(CC)CCCCC(=O)c1ccccc1-c1ccc(/C=C2/C(=O)Nc3ccc(F)cc32)o1.[HH]. The molecule has 0 saturated heterocycles. The normalized spacial score (nSPS) is 14.0. The number of hydrogen-bond acceptors (Lipinski definition) is 4. The third-order valence-corrected chi connectivity index (χ3v) is 6.19. The second-order valence-corrected chi connectivity index (χ2v) is 8.36. The van der Waals surface area contributed by atoms with Crippen molar-refractivity contribution in [3.05, 3.63) is 77.3 Å². The van der Waals surface area contributed by atoms with Crippen molar-refractivity contribution < 1.29 is 19.8 Å². The zero-order valence-corrected chi connectivity index (χ0v) is 19.6. The van der Waals surface area contributed by atoms with Gasteiger partial charge in [-0.1, -0.05) is 38.1 Å². The van der Waals surface area contributed by atoms with Crippen LogP contribution in [0.2, 0.25) is 0 Å². The summed E-state index contributed by atoms with van der Waals surface area (Å²) in [4.78, 5) is 27.7. The topological polar surface area (TPSA) is 62.6 Å². The fourth-order valence-electron chi connectivity index (χ4n) is 4.26. The minimum atomic E-state index is -0.411. The predicted molar refractivity (Wildman–Crippen MR) is 135 cm³/mol. The monoisotopic (exact) mass is 462 g/mol. The fraction of sp³-hybridized carbons (Fsp3) is 0.286. The molecule has 34 heavy (non-hydrogen) atoms. The summed E-state index contributed by atoms with van der Waals surface area (Å²) < 4.78 is 19.7. The van der Waals surface area contributed by atoms with E-state index in [2.05, 4.69) is 24.1 Å². The summed E-state index contributed by atoms with van der Waals surface area (Å²) in [6.45, 7) is 7.33. The van der Waals surface area contributed by atoms with E-state index in [0.29, 0.717) is 40.3 Å². The van der Waals surface area contributed by atoms with Crippen LogP contribution in [0.25, 0.3) is 23.0 Å². The first-order valence-electron chi connectivity index (χ1n) is 11.8. The molecular formula is C28H31FN2O3. The molecule has 1 aliphatic heterocycles. The molecule has 3 aromatic rings. The molecular weight excluding hydrogens is 431 g/mol. The zero-order chi connectivity index (χ0) is 24.1. The van der Waals surface area contributed by atoms with Crippen LogP contribution in [0.5, 0.6) is 0 Å². The summed E-state index contributed by atoms with van der Waals surface area (Å²) in [7, 11) is 0. The Morgan fingerprint density at radius 3 is 2.65 bits per heavy atom. The van der Waals surface area contributed by atoms with E-state index in [9.17, 15) is 14.0 Å². The first kappa shape index (κ1) is 23.6. The van der Waals surface area contributed by atoms with Gasteiger partial charge in [0.15, 0.2) is 5.78 Å². The van der Waals surface area contributed by atoms with Gasteiger partial charge in [-0.2, -0.15) is 0 Å². The number of carbonyl (C=O) groups excluding carboxylic acids is 2. The van der Waals surface area contributed by atoms with Gasteiger partial charge in [0, 0.05) is 30.2 Å². The largest absolute Gasteiger partial charge is 0.457 e. The number of nitrogens with one attached hydrogen (secondary N) is 1. The molecule has 0 aliphatic carbocycles. The minimum Gasteiger partial charge on any atom is -0.457 e. The van der Waals surface area contributed by atoms with Crippen molar-refractivity contribution in [1.29, 1.82) is 0 Å². The molecule has 1 aliphatic rings. The molecule has 0 fully saturated rings. The molecule has 178 valence electrons. The lowest BCUT2D eigenvalue weighted by atomic mass is 9.98. The highest BCUT2D eigenvalue weighted by Gasteiger charge is 2.25. The maximum atomic E-state index is 13.7. The molecule has 0 saturated carbocycles. The van der Waals surface area contributed by atoms with E-state index in [1.165, 1.54) is 12.1 Å². The number of halogens is 1. The molecule has 1 aromatic heterocycles. The van der Waals surface area contributed by atoms with Crippen molar-refractivity contribution in [2.45, 2.75) is 33.1 Å². The first-order valence-corrected chi connectivity index (χ1v) is 11.8. The Labute approximate surface area is 200 Å². The molecule has 2 heterocycles. The Morgan fingerprint density at radius 1 is 1.06 bits per heavy atom. The number of unbranched alkanes of at least 4 members (excludes halogenated alkanes) is 1. The van der Waals surface area contributed by atoms with Gasteiger partial charge in [0.25, 0.3) is 5.91 Å². The van der Waals surface area contributed by atoms with Crippen LogP contribution in [0.15, 0.2) is 59.0 Å². The van der Waals surface area contributed by atoms with E-state index in [0.717, 1.165) is 38.0 Å². The third-order valence-electron chi connectivity index (χ3n) is 6.19. The smallest absolute Gasteiger partial charge is 0.256 e. The number of hydrogen-bond donors (Lipinski definition) is 1. The van der Waals surface area contributed by atoms with Gasteiger partial charge in [0.05, 0.1) is 5.57 Å². The highest BCUT2D eigenvalue weighted by atomic mass is 19.1. The number of furan rings is 1. The highest BCUT2D eigenvalue weighted by Crippen LogP contribution is 2.35. The molecule has 0 radical (unpaired) electrons. The number of ketones is 1. The summed E-state index contributed by atoms with van der Waals surface area (Å²) in [5, 5.41) is 2.73. The van der Waals surface area contributed by atoms with Gasteiger partial charge in [0.2, 0.25) is 0 Å². The summed E-state index contributed by atoms with van der Waals surface area (Å²) in [5.41, 5.74) is 2.77. The molecule has 0 spiro atoms. The van der Waals surface area contributed by atoms with Crippen LogP contribution < -0.4 is 5.32 Å². The lowest BCUT2D eigenvalue weighted by Crippen LogP contribution is -2.24. The molecule has 5 nitrogen and oxygen atoms in total. The molecule has 6 heteroatoms. The number of amides is 1. The standard InChI is InChI=1S/C28H29FN2O3.H2/c1-3-31(4-2)16-8-7-11-26(32)21-9-5-6-10-22(21)27-15-13-20(34-27)18-24-23-17-19(29)12-14-25(23)30-28(24)33;/h5-6,9-10,12-15,17-18H,3-4,7-8,11,16H2,1-2H3,(H,30,33);1H/b24-18+;. The number of fused-ring (bicyclic) bond motifs is 1. The number of carbonyl (C=O) groups is 2. The second-order valence-electron chi connectivity index (χ2n) is 8.36. The van der Waals surface area contributed by atoms with Crippen molar-refractivity contribution in [2.24, 2.45) is 0 Å². The average molecular weight is 463 g/mol. The first-order chi connectivity index (χ1) is 16.5. The average Bonchev–Trinajstić information content (AvgIpc) is 3.43. The number of nitrogens with zero attached hydrogens (tertiary/aromatic N) is 1. The van der Waals surface area contributed by atoms with Crippen molar-refractivity contribution in [2.75, 3.05) is 25.0 Å². The van der Waals surface area contributed by atoms with Gasteiger partial charge < -0.3 is 14.6 Å². The van der Waals surface area contributed by atoms with Crippen LogP contribution in [0.3, 0.4) is 0 Å². The van der Waals surface area contributed by atoms with Gasteiger partial charge in [0.1, 0.15) is 17.3 Å². The van der Waals surface area contributed by atoms with Gasteiger partial charge in [-0.05, 0) is 68.9 Å². The molecule has 0 atom stereocenters. The van der Waals surface area contributed by atoms with Crippen LogP contribution in [0, 0.1) is 5.82 Å². The molecule has 1 amide bonds. The van der Waals surface area contributed by atoms with Gasteiger partial charge >= 0.3 is 0 Å². The maximum absolute atomic E-state index is 13.7. The Morgan fingerprint density at radius 2 is 1.85 bits per heavy atom. The third kappa shape index (κ3) is 5.18. The molecule has 4 rings (SSSR count). The number of rotatable bonds is 10. The van der Waals surface area contributed by atoms with Crippen LogP contribution in [-0.2, 0) is 4.79 Å². The van der Waals surface area contributed by atoms with E-state index in [1.54, 1.807) is 24.3 Å². The number of Topliss-reactive ketones (excluding diaryl/α,β-unsaturated/α-hetero) is 1. The molecule has 0 bridgehead atoms. The van der Waals surface area contributed by atoms with Crippen LogP contribution in [-0.4, -0.2) is 36.2 Å². The van der Waals surface area contributed by atoms with Gasteiger partial charge in [-0.3, -0.25) is 9.59 Å². The van der Waals surface area contributed by atoms with Crippen molar-refractivity contribution in [1.82, 2.24) is 4.90 Å². The van der Waals surface area contributed by atoms with Gasteiger partial charge in [-0.15, -0.1) is 0 Å². The lowest BCUT2D eigenvalue weighted by molar-refractivity contribution is -0.110. The van der Waals surface area contributed by atoms with Crippen LogP contribution in [0.1, 0.15) is 56.2 Å². The minimum absolute atomic E-state index is 0. The van der Waals surface area contributed by atoms with E-state index in [-0.39, 0.29) is 13.1 Å². The Hall–Kier alpha value is -3.51. The Kier molecular flexibility index (Phi) is 7.38. The summed E-state index contributed by atoms with van der Waals surface area (Å²) >= 11 is 0. The van der Waals surface area contributed by atoms with E-state index in [1.807, 2.05) is 24.3 Å². The van der Waals surface area contributed by atoms with E-state index in [4.69, 9.17) is 4.42 Å². The van der Waals surface area contributed by atoms with Crippen molar-refractivity contribution in [3.8, 4) is 11.3 Å². The maximum Gasteiger partial charge on any atom is 0.256 e. The van der Waals surface area contributed by atoms with Crippen LogP contribution >= 0.6 is 0 Å². The van der Waals surface area contributed by atoms with E-state index < -0.39 is 5.82 Å². The van der Waals surface area contributed by atoms with Gasteiger partial charge in [-0.25, -0.2) is 4.39 Å². The second kappa shape index (κ2) is 10.6. The molecule has 0 unspecified atom stereocenters. The summed E-state index contributed by atoms with van der Waals surface area (Å²) in [6.07, 6.45) is 3.91. The highest BCUT2D eigenvalue weighted by molar-refractivity contribution is 6.34. The molecule has 1 N–H and O–H groups in total. The Bertz CT molecular complexity index is 1230.